The minimum absolute atomic E-state index is 0. The third-order valence-electron chi connectivity index (χ3n) is 1.96. The average molecular weight is 234 g/mol. The maximum absolute atomic E-state index is 5.72. The molecule has 2 unspecified atom stereocenters. The Hall–Kier alpha value is -0.350. The van der Waals surface area contributed by atoms with Gasteiger partial charge in [0.25, 0.3) is 0 Å². The molecule has 2 N–H and O–H groups in total. The summed E-state index contributed by atoms with van der Waals surface area (Å²) in [6, 6.07) is 0.248. The first kappa shape index (κ1) is 11.6. The second kappa shape index (κ2) is 5.32. The molecule has 1 aromatic heterocycles. The van der Waals surface area contributed by atoms with E-state index in [-0.39, 0.29) is 23.0 Å². The van der Waals surface area contributed by atoms with Crippen molar-refractivity contribution in [3.05, 3.63) is 18.7 Å². The van der Waals surface area contributed by atoms with Gasteiger partial charge in [-0.1, -0.05) is 6.92 Å². The van der Waals surface area contributed by atoms with Crippen molar-refractivity contribution in [3.63, 3.8) is 0 Å². The van der Waals surface area contributed by atoms with Crippen LogP contribution >= 0.6 is 17.0 Å². The van der Waals surface area contributed by atoms with Gasteiger partial charge < -0.3 is 10.3 Å². The number of hydrogen-bond donors (Lipinski definition) is 1. The van der Waals surface area contributed by atoms with Gasteiger partial charge in [0.15, 0.2) is 0 Å². The van der Waals surface area contributed by atoms with Crippen molar-refractivity contribution >= 4 is 17.0 Å². The van der Waals surface area contributed by atoms with Gasteiger partial charge in [0.2, 0.25) is 0 Å². The van der Waals surface area contributed by atoms with E-state index in [2.05, 4.69) is 11.9 Å². The van der Waals surface area contributed by atoms with Gasteiger partial charge in [-0.3, -0.25) is 0 Å². The molecule has 0 aliphatic heterocycles. The zero-order chi connectivity index (χ0) is 8.27. The molecule has 3 nitrogen and oxygen atoms in total. The summed E-state index contributed by atoms with van der Waals surface area (Å²) in [4.78, 5) is 3.96. The van der Waals surface area contributed by atoms with Gasteiger partial charge in [-0.25, -0.2) is 4.98 Å². The summed E-state index contributed by atoms with van der Waals surface area (Å²) in [7, 11) is 0. The highest BCUT2D eigenvalue weighted by Gasteiger charge is 2.06. The molecule has 0 aromatic carbocycles. The van der Waals surface area contributed by atoms with Gasteiger partial charge in [0, 0.05) is 25.0 Å². The molecule has 1 rings (SSSR count). The summed E-state index contributed by atoms with van der Waals surface area (Å²) in [5.74, 6) is 0.504. The Labute approximate surface area is 83.7 Å². The number of aromatic nitrogens is 2. The minimum atomic E-state index is 0. The number of nitrogens with two attached hydrogens (primary N) is 1. The third kappa shape index (κ3) is 3.36. The van der Waals surface area contributed by atoms with E-state index in [0.717, 1.165) is 6.54 Å². The zero-order valence-electron chi connectivity index (χ0n) is 7.47. The van der Waals surface area contributed by atoms with Gasteiger partial charge in [0.1, 0.15) is 0 Å². The number of imidazole rings is 1. The number of halogens is 1. The van der Waals surface area contributed by atoms with Crippen LogP contribution in [0.2, 0.25) is 0 Å². The minimum Gasteiger partial charge on any atom is -0.337 e. The Morgan fingerprint density at radius 3 is 2.58 bits per heavy atom. The zero-order valence-corrected chi connectivity index (χ0v) is 9.19. The van der Waals surface area contributed by atoms with Crippen LogP contribution in [0.4, 0.5) is 0 Å². The van der Waals surface area contributed by atoms with E-state index in [1.807, 2.05) is 24.0 Å². The van der Waals surface area contributed by atoms with Crippen molar-refractivity contribution in [1.29, 1.82) is 0 Å². The van der Waals surface area contributed by atoms with E-state index < -0.39 is 0 Å². The van der Waals surface area contributed by atoms with E-state index in [9.17, 15) is 0 Å². The Balaban J connectivity index is 0.00000121. The molecule has 0 saturated heterocycles. The molecule has 0 aliphatic carbocycles. The third-order valence-corrected chi connectivity index (χ3v) is 1.96. The highest BCUT2D eigenvalue weighted by atomic mass is 79.9. The molecule has 0 saturated carbocycles. The average Bonchev–Trinajstić information content (AvgIpc) is 2.39. The highest BCUT2D eigenvalue weighted by Crippen LogP contribution is 2.03. The molecule has 0 spiro atoms. The second-order valence-electron chi connectivity index (χ2n) is 3.10. The van der Waals surface area contributed by atoms with Crippen LogP contribution in [0.5, 0.6) is 0 Å². The molecular formula is C8H16BrN3. The van der Waals surface area contributed by atoms with E-state index >= 15 is 0 Å². The predicted molar refractivity (Wildman–Crippen MR) is 55.4 cm³/mol. The summed E-state index contributed by atoms with van der Waals surface area (Å²) in [5.41, 5.74) is 5.72. The van der Waals surface area contributed by atoms with Crippen molar-refractivity contribution in [2.45, 2.75) is 26.4 Å². The van der Waals surface area contributed by atoms with Crippen LogP contribution < -0.4 is 5.73 Å². The Morgan fingerprint density at radius 1 is 1.50 bits per heavy atom. The van der Waals surface area contributed by atoms with E-state index in [0.29, 0.717) is 5.92 Å². The van der Waals surface area contributed by atoms with Crippen molar-refractivity contribution in [2.75, 3.05) is 0 Å². The molecule has 1 heterocycles. The van der Waals surface area contributed by atoms with Crippen molar-refractivity contribution in [3.8, 4) is 0 Å². The van der Waals surface area contributed by atoms with Gasteiger partial charge >= 0.3 is 0 Å². The first-order valence-electron chi connectivity index (χ1n) is 3.91. The molecule has 0 fully saturated rings. The molecule has 70 valence electrons. The summed E-state index contributed by atoms with van der Waals surface area (Å²) < 4.78 is 2.05. The molecule has 12 heavy (non-hydrogen) atoms. The van der Waals surface area contributed by atoms with Crippen molar-refractivity contribution in [2.24, 2.45) is 11.7 Å². The SMILES string of the molecule is Br.CC(N)C(C)Cn1ccnc1. The normalized spacial score (nSPS) is 14.9. The first-order chi connectivity index (χ1) is 5.20. The van der Waals surface area contributed by atoms with Crippen LogP contribution in [-0.2, 0) is 6.54 Å². The lowest BCUT2D eigenvalue weighted by molar-refractivity contribution is 0.416. The van der Waals surface area contributed by atoms with Crippen LogP contribution in [0.3, 0.4) is 0 Å². The topological polar surface area (TPSA) is 43.8 Å². The molecule has 4 heteroatoms. The molecule has 2 atom stereocenters. The van der Waals surface area contributed by atoms with Gasteiger partial charge in [-0.15, -0.1) is 17.0 Å². The maximum Gasteiger partial charge on any atom is 0.0946 e. The van der Waals surface area contributed by atoms with Gasteiger partial charge in [0.05, 0.1) is 6.33 Å². The second-order valence-corrected chi connectivity index (χ2v) is 3.10. The highest BCUT2D eigenvalue weighted by molar-refractivity contribution is 8.93. The summed E-state index contributed by atoms with van der Waals surface area (Å²) in [6.45, 7) is 5.13. The van der Waals surface area contributed by atoms with Crippen LogP contribution in [0.25, 0.3) is 0 Å². The smallest absolute Gasteiger partial charge is 0.0946 e. The van der Waals surface area contributed by atoms with Crippen LogP contribution in [0.1, 0.15) is 13.8 Å². The Morgan fingerprint density at radius 2 is 2.17 bits per heavy atom. The van der Waals surface area contributed by atoms with Crippen LogP contribution in [0.15, 0.2) is 18.7 Å². The fourth-order valence-corrected chi connectivity index (χ4v) is 0.894. The predicted octanol–water partition coefficient (Wildman–Crippen LogP) is 1.44. The van der Waals surface area contributed by atoms with E-state index in [1.54, 1.807) is 6.20 Å². The number of rotatable bonds is 3. The number of nitrogens with zero attached hydrogens (tertiary/aromatic N) is 2. The lowest BCUT2D eigenvalue weighted by Crippen LogP contribution is -2.27. The van der Waals surface area contributed by atoms with E-state index in [1.165, 1.54) is 0 Å². The standard InChI is InChI=1S/C8H15N3.BrH/c1-7(8(2)9)5-11-4-3-10-6-11;/h3-4,6-8H,5,9H2,1-2H3;1H. The molecule has 0 radical (unpaired) electrons. The van der Waals surface area contributed by atoms with Gasteiger partial charge in [-0.2, -0.15) is 0 Å². The van der Waals surface area contributed by atoms with Crippen LogP contribution in [0, 0.1) is 5.92 Å². The summed E-state index contributed by atoms with van der Waals surface area (Å²) >= 11 is 0. The quantitative estimate of drug-likeness (QED) is 0.860. The van der Waals surface area contributed by atoms with E-state index in [4.69, 9.17) is 5.73 Å². The monoisotopic (exact) mass is 233 g/mol. The van der Waals surface area contributed by atoms with Gasteiger partial charge in [-0.05, 0) is 12.8 Å². The van der Waals surface area contributed by atoms with Crippen molar-refractivity contribution < 1.29 is 0 Å². The largest absolute Gasteiger partial charge is 0.337 e. The lowest BCUT2D eigenvalue weighted by Gasteiger charge is -2.15. The van der Waals surface area contributed by atoms with Crippen LogP contribution in [-0.4, -0.2) is 15.6 Å². The molecule has 0 amide bonds. The molecule has 0 aliphatic rings. The molecular weight excluding hydrogens is 218 g/mol. The lowest BCUT2D eigenvalue weighted by atomic mass is 10.1. The number of hydrogen-bond acceptors (Lipinski definition) is 2. The Bertz CT molecular complexity index is 196. The first-order valence-corrected chi connectivity index (χ1v) is 3.91. The summed E-state index contributed by atoms with van der Waals surface area (Å²) in [5, 5.41) is 0. The maximum atomic E-state index is 5.72. The fraction of sp³-hybridized carbons (Fsp3) is 0.625. The summed E-state index contributed by atoms with van der Waals surface area (Å²) in [6.07, 6.45) is 5.56. The fourth-order valence-electron chi connectivity index (χ4n) is 0.894. The molecule has 0 bridgehead atoms. The molecule has 1 aromatic rings. The van der Waals surface area contributed by atoms with Crippen molar-refractivity contribution in [1.82, 2.24) is 9.55 Å². The Kier molecular flexibility index (Phi) is 5.17.